The van der Waals surface area contributed by atoms with Gasteiger partial charge >= 0.3 is 5.97 Å². The minimum Gasteiger partial charge on any atom is -0.481 e. The highest BCUT2D eigenvalue weighted by atomic mass is 16.6. The maximum Gasteiger partial charge on any atom is 0.306 e. The molecular weight excluding hydrogens is 334 g/mol. The Bertz CT molecular complexity index is 477. The number of nitrogens with zero attached hydrogens (tertiary/aromatic N) is 1. The monoisotopic (exact) mass is 369 g/mol. The van der Waals surface area contributed by atoms with E-state index in [4.69, 9.17) is 9.94 Å². The van der Waals surface area contributed by atoms with E-state index in [1.54, 1.807) is 0 Å². The largest absolute Gasteiger partial charge is 0.481 e. The van der Waals surface area contributed by atoms with E-state index in [2.05, 4.69) is 19.0 Å². The van der Waals surface area contributed by atoms with Crippen LogP contribution in [-0.4, -0.2) is 45.8 Å². The highest BCUT2D eigenvalue weighted by Gasteiger charge is 2.51. The summed E-state index contributed by atoms with van der Waals surface area (Å²) in [5.74, 6) is 0.554. The van der Waals surface area contributed by atoms with Crippen molar-refractivity contribution in [1.29, 1.82) is 0 Å². The van der Waals surface area contributed by atoms with E-state index in [-0.39, 0.29) is 43.0 Å². The Balaban J connectivity index is 1.69. The van der Waals surface area contributed by atoms with E-state index in [1.165, 1.54) is 12.8 Å². The molecule has 2 aliphatic rings. The van der Waals surface area contributed by atoms with Crippen molar-refractivity contribution in [3.05, 3.63) is 0 Å². The number of hydrogen-bond acceptors (Lipinski definition) is 5. The Hall–Kier alpha value is -1.14. The molecule has 150 valence electrons. The number of aliphatic carboxylic acids is 1. The molecule has 2 aliphatic carbocycles. The van der Waals surface area contributed by atoms with Crippen LogP contribution in [0, 0.1) is 23.7 Å². The number of rotatable bonds is 12. The second kappa shape index (κ2) is 10.3. The van der Waals surface area contributed by atoms with Gasteiger partial charge < -0.3 is 20.2 Å². The lowest BCUT2D eigenvalue weighted by molar-refractivity contribution is -0.138. The summed E-state index contributed by atoms with van der Waals surface area (Å²) in [7, 11) is 0. The predicted octanol–water partition coefficient (Wildman–Crippen LogP) is 3.21. The van der Waals surface area contributed by atoms with Crippen molar-refractivity contribution in [3.8, 4) is 0 Å². The van der Waals surface area contributed by atoms with E-state index in [1.807, 2.05) is 0 Å². The molecule has 0 heterocycles. The second-order valence-corrected chi connectivity index (χ2v) is 8.01. The number of carbonyl (C=O) groups is 1. The third-order valence-electron chi connectivity index (χ3n) is 6.39. The third kappa shape index (κ3) is 5.68. The number of oxime groups is 1. The molecule has 5 atom stereocenters. The molecule has 5 unspecified atom stereocenters. The predicted molar refractivity (Wildman–Crippen MR) is 99.9 cm³/mol. The Morgan fingerprint density at radius 3 is 2.65 bits per heavy atom. The molecule has 2 saturated carbocycles. The average molecular weight is 370 g/mol. The molecular formula is C20H35NO5. The Kier molecular flexibility index (Phi) is 8.35. The maximum absolute atomic E-state index is 10.5. The van der Waals surface area contributed by atoms with E-state index in [0.717, 1.165) is 44.2 Å². The first-order valence-corrected chi connectivity index (χ1v) is 10.2. The highest BCUT2D eigenvalue weighted by molar-refractivity contribution is 5.93. The lowest BCUT2D eigenvalue weighted by atomic mass is 9.73. The lowest BCUT2D eigenvalue weighted by Gasteiger charge is -2.33. The van der Waals surface area contributed by atoms with Crippen LogP contribution in [0.2, 0.25) is 0 Å². The summed E-state index contributed by atoms with van der Waals surface area (Å²) >= 11 is 0. The summed E-state index contributed by atoms with van der Waals surface area (Å²) in [5.41, 5.74) is 0.955. The van der Waals surface area contributed by atoms with Crippen LogP contribution in [0.4, 0.5) is 0 Å². The topological polar surface area (TPSA) is 99.4 Å². The fourth-order valence-electron chi connectivity index (χ4n) is 4.44. The third-order valence-corrected chi connectivity index (χ3v) is 6.39. The van der Waals surface area contributed by atoms with Crippen LogP contribution in [0.15, 0.2) is 5.16 Å². The SMILES string of the molecule is CCC(CC)CCC(O)CCC1CC2C(=NOCCC(=O)O)CC2C1O. The zero-order valence-electron chi connectivity index (χ0n) is 16.1. The number of aliphatic hydroxyl groups excluding tert-OH is 2. The smallest absolute Gasteiger partial charge is 0.306 e. The summed E-state index contributed by atoms with van der Waals surface area (Å²) in [4.78, 5) is 15.5. The minimum atomic E-state index is -0.893. The summed E-state index contributed by atoms with van der Waals surface area (Å²) in [6, 6.07) is 0. The summed E-state index contributed by atoms with van der Waals surface area (Å²) in [6.45, 7) is 4.50. The van der Waals surface area contributed by atoms with Gasteiger partial charge in [-0.05, 0) is 56.3 Å². The normalized spacial score (nSPS) is 30.3. The molecule has 2 fully saturated rings. The van der Waals surface area contributed by atoms with Crippen LogP contribution in [0.1, 0.15) is 71.6 Å². The Morgan fingerprint density at radius 2 is 2.00 bits per heavy atom. The van der Waals surface area contributed by atoms with Gasteiger partial charge in [-0.1, -0.05) is 31.8 Å². The molecule has 0 spiro atoms. The van der Waals surface area contributed by atoms with Crippen LogP contribution >= 0.6 is 0 Å². The standard InChI is InChI=1S/C20H35NO5/c1-3-13(4-2)5-7-15(22)8-6-14-11-16-17(20(14)25)12-18(16)21-26-10-9-19(23)24/h13-17,20,22,25H,3-12H2,1-2H3,(H,23,24). The second-order valence-electron chi connectivity index (χ2n) is 8.01. The Labute approximate surface area is 156 Å². The number of carboxylic acids is 1. The number of aliphatic hydroxyl groups is 2. The molecule has 0 aromatic heterocycles. The van der Waals surface area contributed by atoms with Crippen LogP contribution < -0.4 is 0 Å². The van der Waals surface area contributed by atoms with Gasteiger partial charge in [-0.25, -0.2) is 0 Å². The molecule has 0 radical (unpaired) electrons. The quantitative estimate of drug-likeness (QED) is 0.362. The first kappa shape index (κ1) is 21.2. The first-order chi connectivity index (χ1) is 12.5. The molecule has 0 aromatic rings. The van der Waals surface area contributed by atoms with Crippen molar-refractivity contribution >= 4 is 11.7 Å². The molecule has 0 aromatic carbocycles. The van der Waals surface area contributed by atoms with Gasteiger partial charge in [0.15, 0.2) is 0 Å². The number of fused-ring (bicyclic) bond motifs is 1. The maximum atomic E-state index is 10.5. The minimum absolute atomic E-state index is 0.0507. The molecule has 0 saturated heterocycles. The fraction of sp³-hybridized carbons (Fsp3) is 0.900. The van der Waals surface area contributed by atoms with Gasteiger partial charge in [0.1, 0.15) is 6.61 Å². The zero-order chi connectivity index (χ0) is 19.1. The van der Waals surface area contributed by atoms with Crippen molar-refractivity contribution in [1.82, 2.24) is 0 Å². The van der Waals surface area contributed by atoms with Gasteiger partial charge in [-0.3, -0.25) is 4.79 Å². The Morgan fingerprint density at radius 1 is 1.27 bits per heavy atom. The number of hydrogen-bond donors (Lipinski definition) is 3. The van der Waals surface area contributed by atoms with Crippen LogP contribution in [-0.2, 0) is 9.63 Å². The summed E-state index contributed by atoms with van der Waals surface area (Å²) in [5, 5.41) is 33.4. The van der Waals surface area contributed by atoms with Gasteiger partial charge in [0.25, 0.3) is 0 Å². The van der Waals surface area contributed by atoms with Crippen molar-refractivity contribution in [2.45, 2.75) is 83.8 Å². The summed E-state index contributed by atoms with van der Waals surface area (Å²) in [6.07, 6.45) is 6.88. The fourth-order valence-corrected chi connectivity index (χ4v) is 4.44. The first-order valence-electron chi connectivity index (χ1n) is 10.2. The van der Waals surface area contributed by atoms with E-state index >= 15 is 0 Å². The molecule has 0 aliphatic heterocycles. The molecule has 0 amide bonds. The van der Waals surface area contributed by atoms with E-state index in [9.17, 15) is 15.0 Å². The lowest BCUT2D eigenvalue weighted by Crippen LogP contribution is -2.38. The van der Waals surface area contributed by atoms with Crippen molar-refractivity contribution < 1.29 is 25.0 Å². The molecule has 6 nitrogen and oxygen atoms in total. The van der Waals surface area contributed by atoms with Gasteiger partial charge in [0.2, 0.25) is 0 Å². The van der Waals surface area contributed by atoms with Crippen molar-refractivity contribution in [3.63, 3.8) is 0 Å². The zero-order valence-corrected chi connectivity index (χ0v) is 16.1. The molecule has 3 N–H and O–H groups in total. The van der Waals surface area contributed by atoms with Crippen LogP contribution in [0.3, 0.4) is 0 Å². The van der Waals surface area contributed by atoms with Gasteiger partial charge in [-0.15, -0.1) is 0 Å². The molecule has 6 heteroatoms. The van der Waals surface area contributed by atoms with Gasteiger partial charge in [0.05, 0.1) is 24.3 Å². The average Bonchev–Trinajstić information content (AvgIpc) is 2.84. The van der Waals surface area contributed by atoms with Gasteiger partial charge in [-0.2, -0.15) is 0 Å². The van der Waals surface area contributed by atoms with Crippen molar-refractivity contribution in [2.24, 2.45) is 28.8 Å². The molecule has 2 rings (SSSR count). The van der Waals surface area contributed by atoms with Crippen LogP contribution in [0.25, 0.3) is 0 Å². The van der Waals surface area contributed by atoms with Crippen molar-refractivity contribution in [2.75, 3.05) is 6.61 Å². The van der Waals surface area contributed by atoms with E-state index in [0.29, 0.717) is 5.92 Å². The van der Waals surface area contributed by atoms with Gasteiger partial charge in [0, 0.05) is 5.92 Å². The number of carboxylic acid groups (broad SMARTS) is 1. The van der Waals surface area contributed by atoms with Crippen LogP contribution in [0.5, 0.6) is 0 Å². The highest BCUT2D eigenvalue weighted by Crippen LogP contribution is 2.49. The summed E-state index contributed by atoms with van der Waals surface area (Å²) < 4.78 is 0. The van der Waals surface area contributed by atoms with E-state index < -0.39 is 5.97 Å². The molecule has 0 bridgehead atoms. The molecule has 26 heavy (non-hydrogen) atoms.